The van der Waals surface area contributed by atoms with Crippen molar-refractivity contribution >= 4 is 17.6 Å². The zero-order valence-electron chi connectivity index (χ0n) is 19.5. The maximum absolute atomic E-state index is 13.2. The Balaban J connectivity index is 1.07. The van der Waals surface area contributed by atoms with Crippen LogP contribution in [-0.2, 0) is 17.8 Å². The molecule has 0 aromatic heterocycles. The zero-order valence-corrected chi connectivity index (χ0v) is 19.5. The van der Waals surface area contributed by atoms with Crippen molar-refractivity contribution in [1.29, 1.82) is 0 Å². The summed E-state index contributed by atoms with van der Waals surface area (Å²) in [6.45, 7) is 3.41. The number of aryl methyl sites for hydroxylation is 2. The van der Waals surface area contributed by atoms with E-state index in [1.54, 1.807) is 7.11 Å². The number of nitrogens with one attached hydrogen (secondary N) is 2. The van der Waals surface area contributed by atoms with Crippen LogP contribution in [0.1, 0.15) is 48.8 Å². The van der Waals surface area contributed by atoms with Gasteiger partial charge in [-0.2, -0.15) is 0 Å². The number of rotatable bonds is 5. The minimum Gasteiger partial charge on any atom is -0.497 e. The second kappa shape index (κ2) is 8.73. The summed E-state index contributed by atoms with van der Waals surface area (Å²) < 4.78 is 5.16. The Kier molecular flexibility index (Phi) is 5.77. The number of anilines is 1. The SMILES string of the molecule is COc1ccc(CNC(=O)NC2CC3(C2)CC(C(=O)N2CCCc4ccc(C)cc42)C3)cc1. The number of ether oxygens (including phenoxy) is 1. The number of fused-ring (bicyclic) bond motifs is 1. The van der Waals surface area contributed by atoms with Gasteiger partial charge in [-0.3, -0.25) is 4.79 Å². The van der Waals surface area contributed by atoms with Crippen LogP contribution in [0.4, 0.5) is 10.5 Å². The van der Waals surface area contributed by atoms with Gasteiger partial charge in [0.25, 0.3) is 0 Å². The highest BCUT2D eigenvalue weighted by Gasteiger charge is 2.55. The molecule has 174 valence electrons. The molecule has 0 bridgehead atoms. The molecule has 3 aliphatic rings. The zero-order chi connectivity index (χ0) is 23.0. The summed E-state index contributed by atoms with van der Waals surface area (Å²) in [6.07, 6.45) is 5.95. The minimum atomic E-state index is -0.127. The van der Waals surface area contributed by atoms with Crippen LogP contribution in [-0.4, -0.2) is 31.6 Å². The van der Waals surface area contributed by atoms with Crippen molar-refractivity contribution in [3.8, 4) is 5.75 Å². The molecule has 0 saturated heterocycles. The van der Waals surface area contributed by atoms with Crippen molar-refractivity contribution < 1.29 is 14.3 Å². The molecule has 0 radical (unpaired) electrons. The number of methoxy groups -OCH3 is 1. The van der Waals surface area contributed by atoms with Gasteiger partial charge >= 0.3 is 6.03 Å². The smallest absolute Gasteiger partial charge is 0.315 e. The van der Waals surface area contributed by atoms with Crippen LogP contribution in [0, 0.1) is 18.3 Å². The Labute approximate surface area is 195 Å². The summed E-state index contributed by atoms with van der Waals surface area (Å²) in [5.74, 6) is 1.22. The predicted molar refractivity (Wildman–Crippen MR) is 128 cm³/mol. The fourth-order valence-electron chi connectivity index (χ4n) is 5.88. The van der Waals surface area contributed by atoms with Gasteiger partial charge in [0.05, 0.1) is 7.11 Å². The lowest BCUT2D eigenvalue weighted by Gasteiger charge is -2.57. The van der Waals surface area contributed by atoms with Crippen LogP contribution in [0.2, 0.25) is 0 Å². The largest absolute Gasteiger partial charge is 0.497 e. The molecular weight excluding hydrogens is 414 g/mol. The molecule has 2 aromatic rings. The molecule has 2 N–H and O–H groups in total. The monoisotopic (exact) mass is 447 g/mol. The van der Waals surface area contributed by atoms with Gasteiger partial charge in [0.2, 0.25) is 5.91 Å². The third kappa shape index (κ3) is 4.43. The highest BCUT2D eigenvalue weighted by atomic mass is 16.5. The van der Waals surface area contributed by atoms with E-state index in [9.17, 15) is 9.59 Å². The molecule has 1 aliphatic heterocycles. The maximum Gasteiger partial charge on any atom is 0.315 e. The van der Waals surface area contributed by atoms with Gasteiger partial charge in [-0.1, -0.05) is 24.3 Å². The van der Waals surface area contributed by atoms with E-state index in [0.717, 1.165) is 62.1 Å². The average Bonchev–Trinajstić information content (AvgIpc) is 2.77. The van der Waals surface area contributed by atoms with Gasteiger partial charge in [0.1, 0.15) is 5.75 Å². The molecule has 6 heteroatoms. The Hall–Kier alpha value is -3.02. The molecule has 1 heterocycles. The standard InChI is InChI=1S/C27H33N3O3/c1-18-5-8-20-4-3-11-30(24(20)12-18)25(31)21-13-27(14-21)15-22(16-27)29-26(32)28-17-19-6-9-23(33-2)10-7-19/h5-10,12,21-22H,3-4,11,13-17H2,1-2H3,(H2,28,29,32). The molecule has 5 rings (SSSR count). The molecular formula is C27H33N3O3. The van der Waals surface area contributed by atoms with E-state index in [1.807, 2.05) is 29.2 Å². The van der Waals surface area contributed by atoms with E-state index in [0.29, 0.717) is 12.5 Å². The number of amides is 3. The number of hydrogen-bond acceptors (Lipinski definition) is 3. The first-order chi connectivity index (χ1) is 15.9. The number of carbonyl (C=O) groups excluding carboxylic acids is 2. The van der Waals surface area contributed by atoms with Gasteiger partial charge < -0.3 is 20.3 Å². The molecule has 2 saturated carbocycles. The van der Waals surface area contributed by atoms with Crippen molar-refractivity contribution in [2.45, 2.75) is 58.0 Å². The van der Waals surface area contributed by atoms with Crippen molar-refractivity contribution in [1.82, 2.24) is 10.6 Å². The summed E-state index contributed by atoms with van der Waals surface area (Å²) in [4.78, 5) is 27.5. The maximum atomic E-state index is 13.2. The van der Waals surface area contributed by atoms with Gasteiger partial charge in [-0.15, -0.1) is 0 Å². The third-order valence-electron chi connectivity index (χ3n) is 7.64. The van der Waals surface area contributed by atoms with E-state index in [4.69, 9.17) is 4.74 Å². The lowest BCUT2D eigenvalue weighted by Crippen LogP contribution is -2.59. The van der Waals surface area contributed by atoms with Crippen LogP contribution >= 0.6 is 0 Å². The highest BCUT2D eigenvalue weighted by molar-refractivity contribution is 5.97. The van der Waals surface area contributed by atoms with Crippen molar-refractivity contribution in [3.63, 3.8) is 0 Å². The normalized spacial score (nSPS) is 25.5. The molecule has 3 amide bonds. The summed E-state index contributed by atoms with van der Waals surface area (Å²) in [6, 6.07) is 14.2. The van der Waals surface area contributed by atoms with Crippen LogP contribution in [0.3, 0.4) is 0 Å². The Morgan fingerprint density at radius 2 is 1.85 bits per heavy atom. The molecule has 33 heavy (non-hydrogen) atoms. The fraction of sp³-hybridized carbons (Fsp3) is 0.481. The fourth-order valence-corrected chi connectivity index (χ4v) is 5.88. The van der Waals surface area contributed by atoms with Crippen LogP contribution < -0.4 is 20.3 Å². The molecule has 0 atom stereocenters. The highest BCUT2D eigenvalue weighted by Crippen LogP contribution is 2.59. The Morgan fingerprint density at radius 3 is 2.58 bits per heavy atom. The molecule has 6 nitrogen and oxygen atoms in total. The summed E-state index contributed by atoms with van der Waals surface area (Å²) in [5, 5.41) is 6.02. The van der Waals surface area contributed by atoms with Gasteiger partial charge in [-0.25, -0.2) is 4.79 Å². The number of benzene rings is 2. The van der Waals surface area contributed by atoms with Crippen molar-refractivity contribution in [3.05, 3.63) is 59.2 Å². The van der Waals surface area contributed by atoms with Gasteiger partial charge in [0.15, 0.2) is 0 Å². The van der Waals surface area contributed by atoms with E-state index in [1.165, 1.54) is 11.1 Å². The quantitative estimate of drug-likeness (QED) is 0.716. The van der Waals surface area contributed by atoms with E-state index < -0.39 is 0 Å². The van der Waals surface area contributed by atoms with Gasteiger partial charge in [0, 0.05) is 30.7 Å². The number of hydrogen-bond donors (Lipinski definition) is 2. The van der Waals surface area contributed by atoms with E-state index in [2.05, 4.69) is 35.8 Å². The average molecular weight is 448 g/mol. The van der Waals surface area contributed by atoms with E-state index in [-0.39, 0.29) is 23.4 Å². The molecule has 2 aliphatic carbocycles. The van der Waals surface area contributed by atoms with Crippen LogP contribution in [0.25, 0.3) is 0 Å². The minimum absolute atomic E-state index is 0.126. The summed E-state index contributed by atoms with van der Waals surface area (Å²) in [5.41, 5.74) is 4.90. The second-order valence-electron chi connectivity index (χ2n) is 10.1. The Bertz CT molecular complexity index is 1040. The van der Waals surface area contributed by atoms with E-state index >= 15 is 0 Å². The molecule has 1 spiro atoms. The lowest BCUT2D eigenvalue weighted by atomic mass is 9.49. The van der Waals surface area contributed by atoms with Crippen molar-refractivity contribution in [2.24, 2.45) is 11.3 Å². The summed E-state index contributed by atoms with van der Waals surface area (Å²) in [7, 11) is 1.64. The first-order valence-electron chi connectivity index (χ1n) is 12.0. The third-order valence-corrected chi connectivity index (χ3v) is 7.64. The van der Waals surface area contributed by atoms with Crippen molar-refractivity contribution in [2.75, 3.05) is 18.6 Å². The predicted octanol–water partition coefficient (Wildman–Crippen LogP) is 4.34. The molecule has 2 fully saturated rings. The lowest BCUT2D eigenvalue weighted by molar-refractivity contribution is -0.135. The summed E-state index contributed by atoms with van der Waals surface area (Å²) >= 11 is 0. The number of carbonyl (C=O) groups is 2. The topological polar surface area (TPSA) is 70.7 Å². The van der Waals surface area contributed by atoms with Gasteiger partial charge in [-0.05, 0) is 85.8 Å². The first kappa shape index (κ1) is 21.8. The molecule has 2 aromatic carbocycles. The second-order valence-corrected chi connectivity index (χ2v) is 10.1. The number of urea groups is 1. The van der Waals surface area contributed by atoms with Crippen LogP contribution in [0.15, 0.2) is 42.5 Å². The number of nitrogens with zero attached hydrogens (tertiary/aromatic N) is 1. The molecule has 0 unspecified atom stereocenters. The first-order valence-corrected chi connectivity index (χ1v) is 12.0. The Morgan fingerprint density at radius 1 is 1.09 bits per heavy atom. The van der Waals surface area contributed by atoms with Crippen LogP contribution in [0.5, 0.6) is 5.75 Å².